The molecule has 1 unspecified atom stereocenters. The van der Waals surface area contributed by atoms with E-state index in [-0.39, 0.29) is 0 Å². The maximum absolute atomic E-state index is 5.87. The van der Waals surface area contributed by atoms with Gasteiger partial charge in [-0.25, -0.2) is 0 Å². The highest BCUT2D eigenvalue weighted by Crippen LogP contribution is 2.15. The van der Waals surface area contributed by atoms with E-state index in [2.05, 4.69) is 20.8 Å². The molecule has 2 N–H and O–H groups in total. The lowest BCUT2D eigenvalue weighted by Crippen LogP contribution is -2.23. The standard InChI is InChI=1S/C9H21NS/c1-4-6-9(10)7-11-8(3)5-2/h8-9H,4-7,10H2,1-3H3/t8?,9-/m0/s1. The Labute approximate surface area is 75.1 Å². The molecule has 0 fully saturated rings. The average molecular weight is 175 g/mol. The van der Waals surface area contributed by atoms with Crippen molar-refractivity contribution in [1.29, 1.82) is 0 Å². The van der Waals surface area contributed by atoms with E-state index in [1.54, 1.807) is 0 Å². The van der Waals surface area contributed by atoms with Gasteiger partial charge in [0.2, 0.25) is 0 Å². The SMILES string of the molecule is CCC[C@H](N)CSC(C)CC. The summed E-state index contributed by atoms with van der Waals surface area (Å²) in [5.41, 5.74) is 5.87. The number of hydrogen-bond acceptors (Lipinski definition) is 2. The fourth-order valence-corrected chi connectivity index (χ4v) is 1.84. The van der Waals surface area contributed by atoms with Crippen LogP contribution in [-0.2, 0) is 0 Å². The topological polar surface area (TPSA) is 26.0 Å². The maximum Gasteiger partial charge on any atom is 0.0130 e. The van der Waals surface area contributed by atoms with Gasteiger partial charge in [-0.15, -0.1) is 0 Å². The van der Waals surface area contributed by atoms with E-state index >= 15 is 0 Å². The molecular weight excluding hydrogens is 154 g/mol. The van der Waals surface area contributed by atoms with Crippen molar-refractivity contribution < 1.29 is 0 Å². The van der Waals surface area contributed by atoms with Crippen LogP contribution in [0.4, 0.5) is 0 Å². The van der Waals surface area contributed by atoms with Crippen molar-refractivity contribution >= 4 is 11.8 Å². The number of hydrogen-bond donors (Lipinski definition) is 1. The van der Waals surface area contributed by atoms with Crippen molar-refractivity contribution in [2.45, 2.75) is 51.3 Å². The average Bonchev–Trinajstić information content (AvgIpc) is 2.01. The van der Waals surface area contributed by atoms with Crippen LogP contribution in [0.1, 0.15) is 40.0 Å². The molecule has 0 rings (SSSR count). The minimum absolute atomic E-state index is 0.416. The van der Waals surface area contributed by atoms with Gasteiger partial charge in [-0.1, -0.05) is 27.2 Å². The van der Waals surface area contributed by atoms with Crippen LogP contribution in [0, 0.1) is 0 Å². The molecule has 11 heavy (non-hydrogen) atoms. The zero-order valence-electron chi connectivity index (χ0n) is 7.97. The van der Waals surface area contributed by atoms with Gasteiger partial charge in [0, 0.05) is 17.0 Å². The zero-order valence-corrected chi connectivity index (χ0v) is 8.79. The summed E-state index contributed by atoms with van der Waals surface area (Å²) in [5.74, 6) is 1.13. The normalized spacial score (nSPS) is 16.4. The fraction of sp³-hybridized carbons (Fsp3) is 1.00. The number of rotatable bonds is 6. The first-order chi connectivity index (χ1) is 5.20. The Hall–Kier alpha value is 0.310. The number of thioether (sulfide) groups is 1. The Balaban J connectivity index is 3.22. The molecule has 0 aliphatic carbocycles. The van der Waals surface area contributed by atoms with Crippen LogP contribution in [0.3, 0.4) is 0 Å². The molecule has 0 aromatic rings. The van der Waals surface area contributed by atoms with Crippen molar-refractivity contribution in [2.24, 2.45) is 5.73 Å². The molecule has 0 bridgehead atoms. The monoisotopic (exact) mass is 175 g/mol. The molecule has 0 aliphatic rings. The molecule has 0 heterocycles. The van der Waals surface area contributed by atoms with E-state index < -0.39 is 0 Å². The minimum Gasteiger partial charge on any atom is -0.327 e. The largest absolute Gasteiger partial charge is 0.327 e. The van der Waals surface area contributed by atoms with E-state index in [4.69, 9.17) is 5.73 Å². The third-order valence-electron chi connectivity index (χ3n) is 1.83. The molecule has 0 aromatic heterocycles. The first kappa shape index (κ1) is 11.3. The molecule has 0 amide bonds. The minimum atomic E-state index is 0.416. The highest BCUT2D eigenvalue weighted by Gasteiger charge is 2.04. The highest BCUT2D eigenvalue weighted by atomic mass is 32.2. The van der Waals surface area contributed by atoms with Crippen molar-refractivity contribution in [1.82, 2.24) is 0 Å². The summed E-state index contributed by atoms with van der Waals surface area (Å²) in [5, 5.41) is 0.776. The van der Waals surface area contributed by atoms with Crippen LogP contribution in [-0.4, -0.2) is 17.0 Å². The van der Waals surface area contributed by atoms with Crippen molar-refractivity contribution in [2.75, 3.05) is 5.75 Å². The van der Waals surface area contributed by atoms with Gasteiger partial charge in [0.05, 0.1) is 0 Å². The van der Waals surface area contributed by atoms with Gasteiger partial charge in [-0.2, -0.15) is 11.8 Å². The Bertz CT molecular complexity index is 85.6. The van der Waals surface area contributed by atoms with E-state index in [0.717, 1.165) is 11.0 Å². The quantitative estimate of drug-likeness (QED) is 0.671. The van der Waals surface area contributed by atoms with Crippen LogP contribution in [0.2, 0.25) is 0 Å². The summed E-state index contributed by atoms with van der Waals surface area (Å²) in [6.45, 7) is 6.68. The highest BCUT2D eigenvalue weighted by molar-refractivity contribution is 7.99. The van der Waals surface area contributed by atoms with Crippen LogP contribution < -0.4 is 5.73 Å². The van der Waals surface area contributed by atoms with Gasteiger partial charge in [0.1, 0.15) is 0 Å². The first-order valence-electron chi connectivity index (χ1n) is 4.57. The third-order valence-corrected chi connectivity index (χ3v) is 3.35. The van der Waals surface area contributed by atoms with Gasteiger partial charge >= 0.3 is 0 Å². The predicted octanol–water partition coefficient (Wildman–Crippen LogP) is 2.65. The summed E-state index contributed by atoms with van der Waals surface area (Å²) in [7, 11) is 0. The zero-order chi connectivity index (χ0) is 8.69. The maximum atomic E-state index is 5.87. The number of nitrogens with two attached hydrogens (primary N) is 1. The van der Waals surface area contributed by atoms with Crippen LogP contribution in [0.25, 0.3) is 0 Å². The Kier molecular flexibility index (Phi) is 7.18. The molecule has 1 nitrogen and oxygen atoms in total. The Morgan fingerprint density at radius 1 is 1.36 bits per heavy atom. The first-order valence-corrected chi connectivity index (χ1v) is 5.62. The van der Waals surface area contributed by atoms with Gasteiger partial charge < -0.3 is 5.73 Å². The summed E-state index contributed by atoms with van der Waals surface area (Å²) < 4.78 is 0. The van der Waals surface area contributed by atoms with Crippen molar-refractivity contribution in [3.8, 4) is 0 Å². The second-order valence-electron chi connectivity index (χ2n) is 3.10. The van der Waals surface area contributed by atoms with Gasteiger partial charge in [0.25, 0.3) is 0 Å². The smallest absolute Gasteiger partial charge is 0.0130 e. The molecule has 0 saturated heterocycles. The van der Waals surface area contributed by atoms with Gasteiger partial charge in [0.15, 0.2) is 0 Å². The predicted molar refractivity (Wildman–Crippen MR) is 55.1 cm³/mol. The lowest BCUT2D eigenvalue weighted by molar-refractivity contribution is 0.659. The molecule has 0 aromatic carbocycles. The van der Waals surface area contributed by atoms with Crippen LogP contribution in [0.5, 0.6) is 0 Å². The van der Waals surface area contributed by atoms with E-state index in [1.807, 2.05) is 11.8 Å². The van der Waals surface area contributed by atoms with Crippen LogP contribution in [0.15, 0.2) is 0 Å². The molecule has 0 aliphatic heterocycles. The third kappa shape index (κ3) is 6.70. The van der Waals surface area contributed by atoms with Crippen LogP contribution >= 0.6 is 11.8 Å². The van der Waals surface area contributed by atoms with E-state index in [0.29, 0.717) is 6.04 Å². The Morgan fingerprint density at radius 3 is 2.45 bits per heavy atom. The molecule has 68 valence electrons. The molecule has 2 heteroatoms. The molecule has 0 saturated carbocycles. The summed E-state index contributed by atoms with van der Waals surface area (Å²) in [6, 6.07) is 0.416. The fourth-order valence-electron chi connectivity index (χ4n) is 0.860. The molecule has 2 atom stereocenters. The summed E-state index contributed by atoms with van der Waals surface area (Å²) >= 11 is 2.00. The summed E-state index contributed by atoms with van der Waals surface area (Å²) in [4.78, 5) is 0. The van der Waals surface area contributed by atoms with Gasteiger partial charge in [-0.05, 0) is 12.8 Å². The second kappa shape index (κ2) is 6.99. The molecule has 0 radical (unpaired) electrons. The second-order valence-corrected chi connectivity index (χ2v) is 4.57. The molecular formula is C9H21NS. The lowest BCUT2D eigenvalue weighted by Gasteiger charge is -2.12. The van der Waals surface area contributed by atoms with E-state index in [9.17, 15) is 0 Å². The Morgan fingerprint density at radius 2 is 2.00 bits per heavy atom. The van der Waals surface area contributed by atoms with Crippen molar-refractivity contribution in [3.63, 3.8) is 0 Å². The van der Waals surface area contributed by atoms with Gasteiger partial charge in [-0.3, -0.25) is 0 Å². The molecule has 0 spiro atoms. The van der Waals surface area contributed by atoms with E-state index in [1.165, 1.54) is 19.3 Å². The van der Waals surface area contributed by atoms with Crippen molar-refractivity contribution in [3.05, 3.63) is 0 Å². The lowest BCUT2D eigenvalue weighted by atomic mass is 10.2. The summed E-state index contributed by atoms with van der Waals surface area (Å²) in [6.07, 6.45) is 3.63.